The molecule has 0 N–H and O–H groups in total. The molecule has 0 fully saturated rings. The molecule has 1 heterocycles. The summed E-state index contributed by atoms with van der Waals surface area (Å²) in [5.74, 6) is 1.05. The molecule has 4 nitrogen and oxygen atoms in total. The van der Waals surface area contributed by atoms with Crippen LogP contribution in [0, 0.1) is 0 Å². The van der Waals surface area contributed by atoms with Gasteiger partial charge in [-0.1, -0.05) is 47.5 Å². The van der Waals surface area contributed by atoms with Crippen LogP contribution in [-0.4, -0.2) is 30.6 Å². The summed E-state index contributed by atoms with van der Waals surface area (Å²) in [5, 5.41) is 0.927. The Kier molecular flexibility index (Phi) is 4.64. The van der Waals surface area contributed by atoms with Gasteiger partial charge in [-0.3, -0.25) is 4.79 Å². The Morgan fingerprint density at radius 1 is 1.17 bits per heavy atom. The second kappa shape index (κ2) is 6.69. The summed E-state index contributed by atoms with van der Waals surface area (Å²) in [6.45, 7) is 0.531. The molecule has 0 aliphatic carbocycles. The number of hydrogen-bond acceptors (Lipinski definition) is 3. The number of carbonyl (C=O) groups is 1. The van der Waals surface area contributed by atoms with Crippen LogP contribution in [0.25, 0.3) is 0 Å². The van der Waals surface area contributed by atoms with E-state index >= 15 is 0 Å². The number of carbonyl (C=O) groups excluding carboxylic acids is 1. The molecule has 1 atom stereocenters. The maximum absolute atomic E-state index is 12.6. The van der Waals surface area contributed by atoms with E-state index < -0.39 is 6.10 Å². The number of fused-ring (bicyclic) bond motifs is 1. The molecule has 2 aromatic carbocycles. The summed E-state index contributed by atoms with van der Waals surface area (Å²) in [5.41, 5.74) is 0.784. The molecule has 1 amide bonds. The maximum atomic E-state index is 12.6. The van der Waals surface area contributed by atoms with Crippen LogP contribution in [0.1, 0.15) is 5.56 Å². The summed E-state index contributed by atoms with van der Waals surface area (Å²) in [4.78, 5) is 14.1. The Morgan fingerprint density at radius 2 is 1.91 bits per heavy atom. The molecule has 0 aromatic heterocycles. The molecule has 0 saturated heterocycles. The van der Waals surface area contributed by atoms with Gasteiger partial charge in [0.1, 0.15) is 6.61 Å². The lowest BCUT2D eigenvalue weighted by Crippen LogP contribution is -2.44. The third-order valence-electron chi connectivity index (χ3n) is 3.60. The average Bonchev–Trinajstić information content (AvgIpc) is 2.57. The van der Waals surface area contributed by atoms with Gasteiger partial charge in [-0.15, -0.1) is 0 Å². The van der Waals surface area contributed by atoms with Gasteiger partial charge >= 0.3 is 0 Å². The smallest absolute Gasteiger partial charge is 0.267 e. The minimum atomic E-state index is -0.673. The van der Waals surface area contributed by atoms with Crippen LogP contribution < -0.4 is 9.47 Å². The summed E-state index contributed by atoms with van der Waals surface area (Å²) in [7, 11) is 1.70. The number of rotatable bonds is 3. The number of amides is 1. The maximum Gasteiger partial charge on any atom is 0.267 e. The molecule has 0 spiro atoms. The highest BCUT2D eigenvalue weighted by Gasteiger charge is 2.29. The first-order valence-corrected chi connectivity index (χ1v) is 7.88. The summed E-state index contributed by atoms with van der Waals surface area (Å²) < 4.78 is 11.3. The van der Waals surface area contributed by atoms with Crippen molar-refractivity contribution in [3.05, 3.63) is 58.1 Å². The van der Waals surface area contributed by atoms with E-state index in [0.717, 1.165) is 5.56 Å². The van der Waals surface area contributed by atoms with E-state index in [9.17, 15) is 4.79 Å². The minimum absolute atomic E-state index is 0.171. The fourth-order valence-corrected chi connectivity index (χ4v) is 2.77. The number of hydrogen-bond donors (Lipinski definition) is 0. The molecule has 0 unspecified atom stereocenters. The highest BCUT2D eigenvalue weighted by Crippen LogP contribution is 2.31. The summed E-state index contributed by atoms with van der Waals surface area (Å²) >= 11 is 12.2. The molecule has 6 heteroatoms. The lowest BCUT2D eigenvalue weighted by molar-refractivity contribution is -0.140. The zero-order valence-corrected chi connectivity index (χ0v) is 14.0. The van der Waals surface area contributed by atoms with Crippen molar-refractivity contribution >= 4 is 29.1 Å². The molecule has 3 rings (SSSR count). The second-order valence-corrected chi connectivity index (χ2v) is 6.06. The van der Waals surface area contributed by atoms with E-state index in [2.05, 4.69) is 0 Å². The fraction of sp³-hybridized carbons (Fsp3) is 0.235. The number of para-hydroxylation sites is 2. The van der Waals surface area contributed by atoms with Crippen molar-refractivity contribution in [3.63, 3.8) is 0 Å². The second-order valence-electron chi connectivity index (χ2n) is 5.27. The lowest BCUT2D eigenvalue weighted by Gasteiger charge is -2.29. The van der Waals surface area contributed by atoms with Crippen molar-refractivity contribution in [3.8, 4) is 11.5 Å². The average molecular weight is 352 g/mol. The standard InChI is InChI=1S/C17H15Cl2NO3/c1-20(9-11-5-4-6-12(18)16(11)19)17(21)15-10-22-13-7-2-3-8-14(13)23-15/h2-8,15H,9-10H2,1H3/t15-/m1/s1. The molecule has 0 bridgehead atoms. The predicted octanol–water partition coefficient (Wildman–Crippen LogP) is 3.79. The monoisotopic (exact) mass is 351 g/mol. The molecule has 23 heavy (non-hydrogen) atoms. The Bertz CT molecular complexity index is 736. The van der Waals surface area contributed by atoms with Crippen LogP contribution in [0.4, 0.5) is 0 Å². The molecule has 1 aliphatic heterocycles. The third-order valence-corrected chi connectivity index (χ3v) is 4.46. The molecule has 0 radical (unpaired) electrons. The van der Waals surface area contributed by atoms with E-state index in [4.69, 9.17) is 32.7 Å². The first kappa shape index (κ1) is 16.0. The van der Waals surface area contributed by atoms with Crippen LogP contribution in [0.2, 0.25) is 10.0 Å². The molecule has 2 aromatic rings. The van der Waals surface area contributed by atoms with Gasteiger partial charge < -0.3 is 14.4 Å². The molecular weight excluding hydrogens is 337 g/mol. The molecule has 0 saturated carbocycles. The van der Waals surface area contributed by atoms with Crippen LogP contribution in [0.5, 0.6) is 11.5 Å². The third kappa shape index (κ3) is 3.38. The van der Waals surface area contributed by atoms with Crippen LogP contribution in [-0.2, 0) is 11.3 Å². The van der Waals surface area contributed by atoms with E-state index in [0.29, 0.717) is 28.1 Å². The Balaban J connectivity index is 1.70. The Hall–Kier alpha value is -1.91. The zero-order valence-electron chi connectivity index (χ0n) is 12.5. The first-order valence-electron chi connectivity index (χ1n) is 7.12. The van der Waals surface area contributed by atoms with Crippen LogP contribution in [0.15, 0.2) is 42.5 Å². The fourth-order valence-electron chi connectivity index (χ4n) is 2.39. The lowest BCUT2D eigenvalue weighted by atomic mass is 10.2. The van der Waals surface area contributed by atoms with Gasteiger partial charge in [0.15, 0.2) is 11.5 Å². The number of nitrogens with zero attached hydrogens (tertiary/aromatic N) is 1. The molecule has 1 aliphatic rings. The van der Waals surface area contributed by atoms with Gasteiger partial charge in [-0.2, -0.15) is 0 Å². The minimum Gasteiger partial charge on any atom is -0.485 e. The van der Waals surface area contributed by atoms with Gasteiger partial charge in [-0.25, -0.2) is 0 Å². The van der Waals surface area contributed by atoms with Gasteiger partial charge in [-0.05, 0) is 23.8 Å². The van der Waals surface area contributed by atoms with Crippen LogP contribution in [0.3, 0.4) is 0 Å². The van der Waals surface area contributed by atoms with Crippen molar-refractivity contribution in [2.75, 3.05) is 13.7 Å². The van der Waals surface area contributed by atoms with Crippen molar-refractivity contribution in [1.29, 1.82) is 0 Å². The molecular formula is C17H15Cl2NO3. The van der Waals surface area contributed by atoms with Gasteiger partial charge in [0.05, 0.1) is 10.0 Å². The van der Waals surface area contributed by atoms with Gasteiger partial charge in [0.2, 0.25) is 6.10 Å². The summed E-state index contributed by atoms with van der Waals surface area (Å²) in [6, 6.07) is 12.6. The van der Waals surface area contributed by atoms with Crippen LogP contribution >= 0.6 is 23.2 Å². The SMILES string of the molecule is CN(Cc1cccc(Cl)c1Cl)C(=O)[C@H]1COc2ccccc2O1. The number of halogens is 2. The predicted molar refractivity (Wildman–Crippen MR) is 89.3 cm³/mol. The largest absolute Gasteiger partial charge is 0.485 e. The van der Waals surface area contributed by atoms with E-state index in [1.807, 2.05) is 24.3 Å². The van der Waals surface area contributed by atoms with Crippen molar-refractivity contribution in [2.24, 2.45) is 0 Å². The summed E-state index contributed by atoms with van der Waals surface area (Å²) in [6.07, 6.45) is -0.673. The number of benzene rings is 2. The Labute approximate surface area is 144 Å². The normalized spacial score (nSPS) is 16.0. The van der Waals surface area contributed by atoms with E-state index in [-0.39, 0.29) is 12.5 Å². The zero-order chi connectivity index (χ0) is 16.4. The van der Waals surface area contributed by atoms with Gasteiger partial charge in [0.25, 0.3) is 5.91 Å². The van der Waals surface area contributed by atoms with Crippen molar-refractivity contribution in [2.45, 2.75) is 12.6 Å². The Morgan fingerprint density at radius 3 is 2.70 bits per heavy atom. The highest BCUT2D eigenvalue weighted by molar-refractivity contribution is 6.42. The van der Waals surface area contributed by atoms with Crippen molar-refractivity contribution in [1.82, 2.24) is 4.90 Å². The highest BCUT2D eigenvalue weighted by atomic mass is 35.5. The molecule has 120 valence electrons. The first-order chi connectivity index (χ1) is 11.1. The van der Waals surface area contributed by atoms with Gasteiger partial charge in [0, 0.05) is 13.6 Å². The van der Waals surface area contributed by atoms with E-state index in [1.54, 1.807) is 30.1 Å². The topological polar surface area (TPSA) is 38.8 Å². The van der Waals surface area contributed by atoms with Crippen molar-refractivity contribution < 1.29 is 14.3 Å². The van der Waals surface area contributed by atoms with E-state index in [1.165, 1.54) is 0 Å². The quantitative estimate of drug-likeness (QED) is 0.844. The number of ether oxygens (including phenoxy) is 2. The number of likely N-dealkylation sites (N-methyl/N-ethyl adjacent to an activating group) is 1.